The number of amides is 2. The fraction of sp³-hybridized carbons (Fsp3) is 0.471. The van der Waals surface area contributed by atoms with Gasteiger partial charge in [0, 0.05) is 6.54 Å². The molecule has 0 aliphatic carbocycles. The molecular formula is C17H23N3O4. The molecule has 4 N–H and O–H groups in total. The van der Waals surface area contributed by atoms with Gasteiger partial charge in [0.1, 0.15) is 12.1 Å². The van der Waals surface area contributed by atoms with Crippen molar-refractivity contribution in [3.8, 4) is 0 Å². The number of carboxylic acids is 1. The van der Waals surface area contributed by atoms with Gasteiger partial charge >= 0.3 is 5.97 Å². The van der Waals surface area contributed by atoms with Gasteiger partial charge in [0.15, 0.2) is 0 Å². The molecule has 1 fully saturated rings. The Morgan fingerprint density at radius 2 is 2.00 bits per heavy atom. The molecule has 1 aromatic carbocycles. The predicted octanol–water partition coefficient (Wildman–Crippen LogP) is 0.137. The number of hydrogen-bond acceptors (Lipinski definition) is 4. The molecule has 7 heteroatoms. The normalized spacial score (nSPS) is 19.6. The fourth-order valence-electron chi connectivity index (χ4n) is 2.88. The monoisotopic (exact) mass is 333 g/mol. The second-order valence-corrected chi connectivity index (χ2v) is 6.05. The van der Waals surface area contributed by atoms with Crippen LogP contribution in [0.15, 0.2) is 30.3 Å². The second-order valence-electron chi connectivity index (χ2n) is 6.05. The predicted molar refractivity (Wildman–Crippen MR) is 88.1 cm³/mol. The molecule has 0 saturated carbocycles. The highest BCUT2D eigenvalue weighted by atomic mass is 16.4. The van der Waals surface area contributed by atoms with Gasteiger partial charge in [-0.3, -0.25) is 9.59 Å². The Kier molecular flexibility index (Phi) is 5.92. The van der Waals surface area contributed by atoms with Crippen LogP contribution in [0.1, 0.15) is 25.3 Å². The van der Waals surface area contributed by atoms with Crippen LogP contribution >= 0.6 is 0 Å². The van der Waals surface area contributed by atoms with E-state index in [1.54, 1.807) is 6.92 Å². The third kappa shape index (κ3) is 4.32. The number of aliphatic carboxylic acids is 1. The molecule has 1 aromatic rings. The number of nitrogens with zero attached hydrogens (tertiary/aromatic N) is 1. The van der Waals surface area contributed by atoms with Crippen LogP contribution in [0.2, 0.25) is 0 Å². The van der Waals surface area contributed by atoms with Gasteiger partial charge in [-0.15, -0.1) is 0 Å². The molecule has 0 bridgehead atoms. The molecule has 3 atom stereocenters. The number of rotatable bonds is 6. The van der Waals surface area contributed by atoms with E-state index >= 15 is 0 Å². The molecular weight excluding hydrogens is 310 g/mol. The van der Waals surface area contributed by atoms with Gasteiger partial charge in [0.05, 0.1) is 6.04 Å². The van der Waals surface area contributed by atoms with Gasteiger partial charge in [-0.05, 0) is 31.7 Å². The van der Waals surface area contributed by atoms with Crippen molar-refractivity contribution in [3.63, 3.8) is 0 Å². The van der Waals surface area contributed by atoms with Crippen molar-refractivity contribution in [3.05, 3.63) is 35.9 Å². The molecule has 7 nitrogen and oxygen atoms in total. The van der Waals surface area contributed by atoms with E-state index in [1.807, 2.05) is 30.3 Å². The molecule has 0 spiro atoms. The van der Waals surface area contributed by atoms with Gasteiger partial charge in [-0.25, -0.2) is 4.79 Å². The van der Waals surface area contributed by atoms with Gasteiger partial charge in [-0.1, -0.05) is 30.3 Å². The number of benzene rings is 1. The Morgan fingerprint density at radius 3 is 2.62 bits per heavy atom. The van der Waals surface area contributed by atoms with E-state index in [2.05, 4.69) is 5.32 Å². The average Bonchev–Trinajstić information content (AvgIpc) is 3.04. The summed E-state index contributed by atoms with van der Waals surface area (Å²) in [6.07, 6.45) is 1.46. The van der Waals surface area contributed by atoms with Crippen molar-refractivity contribution in [2.24, 2.45) is 5.73 Å². The van der Waals surface area contributed by atoms with Crippen molar-refractivity contribution in [2.45, 2.75) is 44.3 Å². The topological polar surface area (TPSA) is 113 Å². The Hall–Kier alpha value is -2.41. The van der Waals surface area contributed by atoms with Crippen molar-refractivity contribution < 1.29 is 19.5 Å². The molecule has 3 unspecified atom stereocenters. The lowest BCUT2D eigenvalue weighted by atomic mass is 10.1. The first-order valence-corrected chi connectivity index (χ1v) is 8.03. The number of carboxylic acid groups (broad SMARTS) is 1. The zero-order valence-electron chi connectivity index (χ0n) is 13.6. The highest BCUT2D eigenvalue weighted by molar-refractivity contribution is 5.91. The third-order valence-electron chi connectivity index (χ3n) is 4.19. The third-order valence-corrected chi connectivity index (χ3v) is 4.19. The van der Waals surface area contributed by atoms with Gasteiger partial charge in [0.2, 0.25) is 11.8 Å². The Morgan fingerprint density at radius 1 is 1.33 bits per heavy atom. The molecule has 0 radical (unpaired) electrons. The number of carbonyl (C=O) groups is 3. The Labute approximate surface area is 140 Å². The number of likely N-dealkylation sites (tertiary alicyclic amines) is 1. The van der Waals surface area contributed by atoms with Gasteiger partial charge < -0.3 is 21.1 Å². The largest absolute Gasteiger partial charge is 0.480 e. The number of carbonyl (C=O) groups excluding carboxylic acids is 2. The molecule has 2 amide bonds. The van der Waals surface area contributed by atoms with Crippen LogP contribution in [-0.2, 0) is 20.8 Å². The maximum atomic E-state index is 12.4. The standard InChI is InChI=1S/C17H23N3O4/c1-11(16(22)20-9-5-8-14(20)17(23)24)19-15(21)13(18)10-12-6-3-2-4-7-12/h2-4,6-7,11,13-14H,5,8-10,18H2,1H3,(H,19,21)(H,23,24). The van der Waals surface area contributed by atoms with Gasteiger partial charge in [-0.2, -0.15) is 0 Å². The minimum Gasteiger partial charge on any atom is -0.480 e. The van der Waals surface area contributed by atoms with E-state index in [0.717, 1.165) is 5.56 Å². The van der Waals surface area contributed by atoms with E-state index in [9.17, 15) is 14.4 Å². The van der Waals surface area contributed by atoms with E-state index in [-0.39, 0.29) is 5.91 Å². The summed E-state index contributed by atoms with van der Waals surface area (Å²) in [5, 5.41) is 11.7. The number of nitrogens with one attached hydrogen (secondary N) is 1. The smallest absolute Gasteiger partial charge is 0.326 e. The van der Waals surface area contributed by atoms with Gasteiger partial charge in [0.25, 0.3) is 0 Å². The second kappa shape index (κ2) is 7.92. The van der Waals surface area contributed by atoms with Crippen molar-refractivity contribution in [1.29, 1.82) is 0 Å². The molecule has 1 heterocycles. The van der Waals surface area contributed by atoms with Crippen LogP contribution in [0, 0.1) is 0 Å². The summed E-state index contributed by atoms with van der Waals surface area (Å²) >= 11 is 0. The molecule has 130 valence electrons. The quantitative estimate of drug-likeness (QED) is 0.685. The summed E-state index contributed by atoms with van der Waals surface area (Å²) in [5.74, 6) is -1.83. The number of hydrogen-bond donors (Lipinski definition) is 3. The van der Waals surface area contributed by atoms with Crippen molar-refractivity contribution in [1.82, 2.24) is 10.2 Å². The van der Waals surface area contributed by atoms with E-state index in [0.29, 0.717) is 25.8 Å². The lowest BCUT2D eigenvalue weighted by Crippen LogP contribution is -2.53. The number of nitrogens with two attached hydrogens (primary N) is 1. The minimum absolute atomic E-state index is 0.370. The first-order chi connectivity index (χ1) is 11.4. The van der Waals surface area contributed by atoms with E-state index in [4.69, 9.17) is 10.8 Å². The summed E-state index contributed by atoms with van der Waals surface area (Å²) in [6, 6.07) is 6.99. The first-order valence-electron chi connectivity index (χ1n) is 8.03. The Balaban J connectivity index is 1.90. The summed E-state index contributed by atoms with van der Waals surface area (Å²) in [5.41, 5.74) is 6.83. The highest BCUT2D eigenvalue weighted by Gasteiger charge is 2.36. The molecule has 24 heavy (non-hydrogen) atoms. The highest BCUT2D eigenvalue weighted by Crippen LogP contribution is 2.18. The molecule has 1 aliphatic heterocycles. The fourth-order valence-corrected chi connectivity index (χ4v) is 2.88. The first kappa shape index (κ1) is 17.9. The van der Waals surface area contributed by atoms with Crippen LogP contribution in [0.4, 0.5) is 0 Å². The van der Waals surface area contributed by atoms with E-state index in [1.165, 1.54) is 4.90 Å². The molecule has 2 rings (SSSR count). The lowest BCUT2D eigenvalue weighted by Gasteiger charge is -2.26. The van der Waals surface area contributed by atoms with Crippen molar-refractivity contribution in [2.75, 3.05) is 6.54 Å². The van der Waals surface area contributed by atoms with E-state index < -0.39 is 30.0 Å². The summed E-state index contributed by atoms with van der Waals surface area (Å²) in [6.45, 7) is 1.94. The van der Waals surface area contributed by atoms with Crippen LogP contribution in [0.3, 0.4) is 0 Å². The maximum absolute atomic E-state index is 12.4. The molecule has 1 aliphatic rings. The lowest BCUT2D eigenvalue weighted by molar-refractivity contribution is -0.149. The Bertz CT molecular complexity index is 605. The molecule has 0 aromatic heterocycles. The van der Waals surface area contributed by atoms with Crippen LogP contribution in [0.25, 0.3) is 0 Å². The molecule has 1 saturated heterocycles. The summed E-state index contributed by atoms with van der Waals surface area (Å²) in [7, 11) is 0. The van der Waals surface area contributed by atoms with Crippen LogP contribution < -0.4 is 11.1 Å². The van der Waals surface area contributed by atoms with Crippen LogP contribution in [0.5, 0.6) is 0 Å². The van der Waals surface area contributed by atoms with Crippen molar-refractivity contribution >= 4 is 17.8 Å². The summed E-state index contributed by atoms with van der Waals surface area (Å²) < 4.78 is 0. The minimum atomic E-state index is -1.01. The SMILES string of the molecule is CC(NC(=O)C(N)Cc1ccccc1)C(=O)N1CCCC1C(=O)O. The summed E-state index contributed by atoms with van der Waals surface area (Å²) in [4.78, 5) is 37.0. The maximum Gasteiger partial charge on any atom is 0.326 e. The zero-order chi connectivity index (χ0) is 17.7. The van der Waals surface area contributed by atoms with Crippen LogP contribution in [-0.4, -0.2) is 52.5 Å². The average molecular weight is 333 g/mol. The zero-order valence-corrected chi connectivity index (χ0v) is 13.6.